The van der Waals surface area contributed by atoms with Crippen LogP contribution in [0.15, 0.2) is 24.3 Å². The lowest BCUT2D eigenvalue weighted by molar-refractivity contribution is -0.139. The molecular formula is C22H33N3O4. The van der Waals surface area contributed by atoms with Crippen molar-refractivity contribution in [3.8, 4) is 5.75 Å². The van der Waals surface area contributed by atoms with Gasteiger partial charge in [0.15, 0.2) is 0 Å². The van der Waals surface area contributed by atoms with Crippen LogP contribution in [-0.4, -0.2) is 86.2 Å². The average molecular weight is 404 g/mol. The molecule has 3 rings (SSSR count). The van der Waals surface area contributed by atoms with Crippen LogP contribution in [0.25, 0.3) is 0 Å². The van der Waals surface area contributed by atoms with Gasteiger partial charge in [-0.2, -0.15) is 0 Å². The van der Waals surface area contributed by atoms with Crippen molar-refractivity contribution in [1.82, 2.24) is 14.7 Å². The van der Waals surface area contributed by atoms with Crippen LogP contribution in [0.2, 0.25) is 0 Å². The summed E-state index contributed by atoms with van der Waals surface area (Å²) < 4.78 is 10.7. The number of ether oxygens (including phenoxy) is 2. The normalized spacial score (nSPS) is 20.2. The second-order valence-corrected chi connectivity index (χ2v) is 8.09. The highest BCUT2D eigenvalue weighted by Gasteiger charge is 2.35. The van der Waals surface area contributed by atoms with Crippen LogP contribution in [0.1, 0.15) is 31.2 Å². The highest BCUT2D eigenvalue weighted by Crippen LogP contribution is 2.25. The first-order valence-electron chi connectivity index (χ1n) is 10.5. The van der Waals surface area contributed by atoms with E-state index in [9.17, 15) is 9.59 Å². The summed E-state index contributed by atoms with van der Waals surface area (Å²) in [7, 11) is 5.19. The summed E-state index contributed by atoms with van der Waals surface area (Å²) in [4.78, 5) is 31.5. The molecule has 2 saturated heterocycles. The SMILES string of the molecule is COc1ccc(CC(=O)N(C2CCOCC2)C2CCCN(C(=O)N(C)C)C2)cc1. The summed E-state index contributed by atoms with van der Waals surface area (Å²) in [5, 5.41) is 0. The van der Waals surface area contributed by atoms with Crippen LogP contribution in [0, 0.1) is 0 Å². The van der Waals surface area contributed by atoms with Crippen LogP contribution >= 0.6 is 0 Å². The van der Waals surface area contributed by atoms with Gasteiger partial charge in [-0.05, 0) is 43.4 Å². The Morgan fingerprint density at radius 3 is 2.41 bits per heavy atom. The van der Waals surface area contributed by atoms with Crippen molar-refractivity contribution in [2.75, 3.05) is 47.5 Å². The van der Waals surface area contributed by atoms with Crippen molar-refractivity contribution < 1.29 is 19.1 Å². The molecule has 0 aliphatic carbocycles. The van der Waals surface area contributed by atoms with Gasteiger partial charge in [0.05, 0.1) is 13.5 Å². The Labute approximate surface area is 173 Å². The molecule has 160 valence electrons. The molecule has 0 aromatic heterocycles. The van der Waals surface area contributed by atoms with Crippen LogP contribution in [-0.2, 0) is 16.0 Å². The van der Waals surface area contributed by atoms with Gasteiger partial charge >= 0.3 is 6.03 Å². The Morgan fingerprint density at radius 2 is 1.79 bits per heavy atom. The fourth-order valence-corrected chi connectivity index (χ4v) is 4.32. The number of carbonyl (C=O) groups is 2. The van der Waals surface area contributed by atoms with Crippen LogP contribution in [0.5, 0.6) is 5.75 Å². The van der Waals surface area contributed by atoms with Crippen molar-refractivity contribution in [2.24, 2.45) is 0 Å². The summed E-state index contributed by atoms with van der Waals surface area (Å²) >= 11 is 0. The first-order chi connectivity index (χ1) is 14.0. The predicted octanol–water partition coefficient (Wildman–Crippen LogP) is 2.39. The van der Waals surface area contributed by atoms with Crippen molar-refractivity contribution in [3.63, 3.8) is 0 Å². The van der Waals surface area contributed by atoms with Gasteiger partial charge in [-0.25, -0.2) is 4.79 Å². The van der Waals surface area contributed by atoms with Crippen LogP contribution in [0.4, 0.5) is 4.79 Å². The molecule has 7 nitrogen and oxygen atoms in total. The predicted molar refractivity (Wildman–Crippen MR) is 111 cm³/mol. The Kier molecular flexibility index (Phi) is 7.36. The Morgan fingerprint density at radius 1 is 1.10 bits per heavy atom. The summed E-state index contributed by atoms with van der Waals surface area (Å²) in [6.45, 7) is 2.72. The van der Waals surface area contributed by atoms with Crippen molar-refractivity contribution in [2.45, 2.75) is 44.2 Å². The Hall–Kier alpha value is -2.28. The molecule has 7 heteroatoms. The maximum Gasteiger partial charge on any atom is 0.319 e. The number of nitrogens with zero attached hydrogens (tertiary/aromatic N) is 3. The molecule has 29 heavy (non-hydrogen) atoms. The second-order valence-electron chi connectivity index (χ2n) is 8.09. The Balaban J connectivity index is 1.76. The molecule has 0 bridgehead atoms. The lowest BCUT2D eigenvalue weighted by Gasteiger charge is -2.44. The number of hydrogen-bond acceptors (Lipinski definition) is 4. The minimum Gasteiger partial charge on any atom is -0.497 e. The quantitative estimate of drug-likeness (QED) is 0.757. The summed E-state index contributed by atoms with van der Waals surface area (Å²) in [5.41, 5.74) is 0.977. The van der Waals surface area contributed by atoms with Gasteiger partial charge in [0, 0.05) is 52.5 Å². The third kappa shape index (κ3) is 5.41. The maximum absolute atomic E-state index is 13.4. The molecule has 0 spiro atoms. The lowest BCUT2D eigenvalue weighted by atomic mass is 9.97. The molecule has 3 amide bonds. The zero-order chi connectivity index (χ0) is 20.8. The third-order valence-corrected chi connectivity index (χ3v) is 5.83. The van der Waals surface area contributed by atoms with E-state index >= 15 is 0 Å². The minimum atomic E-state index is 0.0178. The second kappa shape index (κ2) is 9.96. The van der Waals surface area contributed by atoms with E-state index in [1.54, 1.807) is 26.1 Å². The molecule has 0 N–H and O–H groups in total. The highest BCUT2D eigenvalue weighted by atomic mass is 16.5. The van der Waals surface area contributed by atoms with Gasteiger partial charge < -0.3 is 24.2 Å². The zero-order valence-electron chi connectivity index (χ0n) is 17.8. The van der Waals surface area contributed by atoms with Gasteiger partial charge in [0.2, 0.25) is 5.91 Å². The van der Waals surface area contributed by atoms with E-state index in [1.165, 1.54) is 0 Å². The van der Waals surface area contributed by atoms with Crippen molar-refractivity contribution in [1.29, 1.82) is 0 Å². The number of amides is 3. The summed E-state index contributed by atoms with van der Waals surface area (Å²) in [6, 6.07) is 7.92. The highest BCUT2D eigenvalue weighted by molar-refractivity contribution is 5.80. The summed E-state index contributed by atoms with van der Waals surface area (Å²) in [5.74, 6) is 0.916. The van der Waals surface area contributed by atoms with Gasteiger partial charge in [0.1, 0.15) is 5.75 Å². The van der Waals surface area contributed by atoms with Gasteiger partial charge in [-0.3, -0.25) is 4.79 Å². The number of benzene rings is 1. The number of rotatable bonds is 5. The molecule has 2 aliphatic heterocycles. The van der Waals surface area contributed by atoms with Gasteiger partial charge in [-0.15, -0.1) is 0 Å². The molecule has 1 unspecified atom stereocenters. The Bertz CT molecular complexity index is 686. The van der Waals surface area contributed by atoms with E-state index in [4.69, 9.17) is 9.47 Å². The minimum absolute atomic E-state index is 0.0178. The van der Waals surface area contributed by atoms with Gasteiger partial charge in [0.25, 0.3) is 0 Å². The number of methoxy groups -OCH3 is 1. The fraction of sp³-hybridized carbons (Fsp3) is 0.636. The number of likely N-dealkylation sites (tertiary alicyclic amines) is 1. The first-order valence-corrected chi connectivity index (χ1v) is 10.5. The third-order valence-electron chi connectivity index (χ3n) is 5.83. The topological polar surface area (TPSA) is 62.3 Å². The zero-order valence-corrected chi connectivity index (χ0v) is 17.8. The molecule has 0 radical (unpaired) electrons. The molecule has 0 saturated carbocycles. The molecular weight excluding hydrogens is 370 g/mol. The van der Waals surface area contributed by atoms with Crippen molar-refractivity contribution >= 4 is 11.9 Å². The van der Waals surface area contributed by atoms with Gasteiger partial charge in [-0.1, -0.05) is 12.1 Å². The molecule has 2 aliphatic rings. The van der Waals surface area contributed by atoms with E-state index in [2.05, 4.69) is 4.90 Å². The standard InChI is InChI=1S/C22H33N3O4/c1-23(2)22(27)24-12-4-5-19(16-24)25(18-10-13-29-14-11-18)21(26)15-17-6-8-20(28-3)9-7-17/h6-9,18-19H,4-5,10-16H2,1-3H3. The van der Waals surface area contributed by atoms with Crippen LogP contribution < -0.4 is 4.74 Å². The number of hydrogen-bond donors (Lipinski definition) is 0. The summed E-state index contributed by atoms with van der Waals surface area (Å²) in [6.07, 6.45) is 3.92. The van der Waals surface area contributed by atoms with Crippen molar-refractivity contribution in [3.05, 3.63) is 29.8 Å². The van der Waals surface area contributed by atoms with E-state index in [0.29, 0.717) is 26.2 Å². The molecule has 1 aromatic carbocycles. The van der Waals surface area contributed by atoms with E-state index in [-0.39, 0.29) is 24.0 Å². The first kappa shape index (κ1) is 21.4. The van der Waals surface area contributed by atoms with E-state index < -0.39 is 0 Å². The average Bonchev–Trinajstić information content (AvgIpc) is 2.75. The molecule has 1 atom stereocenters. The number of urea groups is 1. The molecule has 2 fully saturated rings. The van der Waals surface area contributed by atoms with E-state index in [0.717, 1.165) is 43.5 Å². The molecule has 2 heterocycles. The largest absolute Gasteiger partial charge is 0.497 e. The number of piperidine rings is 1. The van der Waals surface area contributed by atoms with E-state index in [1.807, 2.05) is 29.2 Å². The smallest absolute Gasteiger partial charge is 0.319 e. The number of carbonyl (C=O) groups excluding carboxylic acids is 2. The monoisotopic (exact) mass is 403 g/mol. The lowest BCUT2D eigenvalue weighted by Crippen LogP contribution is -2.57. The molecule has 1 aromatic rings. The fourth-order valence-electron chi connectivity index (χ4n) is 4.32. The van der Waals surface area contributed by atoms with Crippen LogP contribution in [0.3, 0.4) is 0 Å². The maximum atomic E-state index is 13.4.